The Hall–Kier alpha value is -2.65. The Morgan fingerprint density at radius 3 is 1.91 bits per heavy atom. The second kappa shape index (κ2) is 16.4. The second-order valence-corrected chi connectivity index (χ2v) is 13.0. The van der Waals surface area contributed by atoms with Crippen molar-refractivity contribution in [1.29, 1.82) is 0 Å². The van der Waals surface area contributed by atoms with Crippen LogP contribution in [0.5, 0.6) is 0 Å². The van der Waals surface area contributed by atoms with Crippen molar-refractivity contribution in [2.24, 2.45) is 0 Å². The number of hydrogen-bond acceptors (Lipinski definition) is 4. The van der Waals surface area contributed by atoms with Crippen molar-refractivity contribution < 1.29 is 22.1 Å². The van der Waals surface area contributed by atoms with Gasteiger partial charge in [-0.1, -0.05) is 95.6 Å². The maximum Gasteiger partial charge on any atom is 2.00 e. The fourth-order valence-electron chi connectivity index (χ4n) is 5.10. The zero-order valence-electron chi connectivity index (χ0n) is 24.4. The average molecular weight is 753 g/mol. The fraction of sp³-hybridized carbons (Fsp3) is 0.0263. The molecule has 1 aliphatic heterocycles. The van der Waals surface area contributed by atoms with Crippen LogP contribution in [-0.4, -0.2) is 28.2 Å². The van der Waals surface area contributed by atoms with E-state index in [0.29, 0.717) is 15.4 Å². The quantitative estimate of drug-likeness (QED) is 0.109. The van der Waals surface area contributed by atoms with E-state index in [9.17, 15) is 9.90 Å². The molecule has 1 unspecified atom stereocenters. The van der Waals surface area contributed by atoms with Gasteiger partial charge >= 0.3 is 23.1 Å². The SMILES string of the molecule is O=c1c2ccccc2sc2ccc(Cl)cc12.OC1(c2ccccc2)c2ccccc2Sc2ccc(Cl)cc21.[Br-].[Mg+2].[c-]1ccccc1. The zero-order valence-corrected chi connectivity index (χ0v) is 30.5. The topological polar surface area (TPSA) is 37.3 Å². The van der Waals surface area contributed by atoms with E-state index < -0.39 is 5.60 Å². The number of aliphatic hydroxyl groups is 1. The summed E-state index contributed by atoms with van der Waals surface area (Å²) in [5, 5.41) is 14.4. The molecule has 0 radical (unpaired) electrons. The van der Waals surface area contributed by atoms with Gasteiger partial charge in [-0.15, -0.1) is 11.3 Å². The van der Waals surface area contributed by atoms with Gasteiger partial charge in [0.05, 0.1) is 0 Å². The van der Waals surface area contributed by atoms with Crippen molar-refractivity contribution in [2.45, 2.75) is 15.4 Å². The van der Waals surface area contributed by atoms with Crippen molar-refractivity contribution in [1.82, 2.24) is 0 Å². The van der Waals surface area contributed by atoms with Gasteiger partial charge in [-0.3, -0.25) is 4.79 Å². The van der Waals surface area contributed by atoms with E-state index in [4.69, 9.17) is 23.2 Å². The second-order valence-electron chi connectivity index (χ2n) is 9.96. The molecule has 0 spiro atoms. The Morgan fingerprint density at radius 1 is 0.609 bits per heavy atom. The van der Waals surface area contributed by atoms with E-state index in [1.807, 2.05) is 140 Å². The molecule has 46 heavy (non-hydrogen) atoms. The van der Waals surface area contributed by atoms with Crippen LogP contribution in [0.4, 0.5) is 0 Å². The largest absolute Gasteiger partial charge is 2.00 e. The average Bonchev–Trinajstić information content (AvgIpc) is 3.08. The van der Waals surface area contributed by atoms with Crippen LogP contribution >= 0.6 is 46.3 Å². The summed E-state index contributed by atoms with van der Waals surface area (Å²) >= 11 is 15.4. The first-order valence-electron chi connectivity index (χ1n) is 13.8. The van der Waals surface area contributed by atoms with Crippen LogP contribution in [-0.2, 0) is 5.60 Å². The number of hydrogen-bond donors (Lipinski definition) is 1. The molecule has 1 aromatic heterocycles. The number of halogens is 3. The van der Waals surface area contributed by atoms with Crippen molar-refractivity contribution in [2.75, 3.05) is 0 Å². The molecule has 1 aliphatic rings. The predicted octanol–water partition coefficient (Wildman–Crippen LogP) is 7.27. The first-order valence-corrected chi connectivity index (χ1v) is 16.2. The molecule has 0 saturated heterocycles. The van der Waals surface area contributed by atoms with E-state index in [-0.39, 0.29) is 45.5 Å². The number of fused-ring (bicyclic) bond motifs is 4. The summed E-state index contributed by atoms with van der Waals surface area (Å²) in [6.07, 6.45) is 0. The molecule has 0 aliphatic carbocycles. The molecule has 0 bridgehead atoms. The third-order valence-corrected chi connectivity index (χ3v) is 9.94. The van der Waals surface area contributed by atoms with Crippen LogP contribution in [0.3, 0.4) is 0 Å². The van der Waals surface area contributed by atoms with Gasteiger partial charge in [-0.25, -0.2) is 0 Å². The maximum atomic E-state index is 12.2. The molecule has 7 aromatic rings. The van der Waals surface area contributed by atoms with E-state index in [1.54, 1.807) is 29.2 Å². The molecule has 8 rings (SSSR count). The summed E-state index contributed by atoms with van der Waals surface area (Å²) in [5.74, 6) is 0. The Bertz CT molecular complexity index is 2100. The van der Waals surface area contributed by atoms with Crippen LogP contribution in [0.1, 0.15) is 16.7 Å². The molecule has 2 heterocycles. The molecule has 1 N–H and O–H groups in total. The molecule has 6 aromatic carbocycles. The Labute approximate surface area is 313 Å². The Kier molecular flexibility index (Phi) is 12.9. The molecule has 1 atom stereocenters. The minimum absolute atomic E-state index is 0. The third-order valence-electron chi connectivity index (χ3n) is 7.16. The van der Waals surface area contributed by atoms with Gasteiger partial charge in [0.15, 0.2) is 5.43 Å². The molecule has 0 fully saturated rings. The summed E-state index contributed by atoms with van der Waals surface area (Å²) in [5.41, 5.74) is 1.48. The molecule has 2 nitrogen and oxygen atoms in total. The molecular formula is C38H25BrCl2MgO2S2. The predicted molar refractivity (Wildman–Crippen MR) is 192 cm³/mol. The maximum absolute atomic E-state index is 12.2. The third kappa shape index (κ3) is 7.72. The molecule has 0 amide bonds. The summed E-state index contributed by atoms with van der Waals surface area (Å²) in [7, 11) is 0. The molecule has 8 heteroatoms. The van der Waals surface area contributed by atoms with Gasteiger partial charge in [0, 0.05) is 51.1 Å². The normalized spacial score (nSPS) is 14.2. The standard InChI is InChI=1S/C19H13ClOS.C13H7ClOS.C6H5.BrH.Mg/c20-14-10-11-18-16(12-14)19(21,13-6-2-1-3-7-13)15-8-4-5-9-17(15)22-18;14-8-5-6-12-10(7-8)13(15)9-3-1-2-4-11(9)16-12;1-2-4-6-5-3-1;;/h1-12,21H;1-7H;1-5H;1H;/q;;-1;;+2/p-1. The summed E-state index contributed by atoms with van der Waals surface area (Å²) in [6, 6.07) is 49.1. The molecule has 0 saturated carbocycles. The smallest absolute Gasteiger partial charge is 1.00 e. The van der Waals surface area contributed by atoms with Gasteiger partial charge < -0.3 is 22.1 Å². The first kappa shape index (κ1) is 36.2. The fourth-order valence-corrected chi connectivity index (χ4v) is 7.66. The van der Waals surface area contributed by atoms with Gasteiger partial charge in [0.2, 0.25) is 0 Å². The van der Waals surface area contributed by atoms with Crippen LogP contribution in [0.15, 0.2) is 160 Å². The Balaban J connectivity index is 0.000000176. The monoisotopic (exact) mass is 750 g/mol. The number of benzene rings is 6. The molecule has 224 valence electrons. The van der Waals surface area contributed by atoms with Crippen molar-refractivity contribution in [3.05, 3.63) is 189 Å². The van der Waals surface area contributed by atoms with Crippen LogP contribution < -0.4 is 22.4 Å². The summed E-state index contributed by atoms with van der Waals surface area (Å²) in [6.45, 7) is 0. The Morgan fingerprint density at radius 2 is 1.20 bits per heavy atom. The van der Waals surface area contributed by atoms with Gasteiger partial charge in [-0.05, 0) is 60.2 Å². The minimum Gasteiger partial charge on any atom is -1.00 e. The minimum atomic E-state index is -1.18. The van der Waals surface area contributed by atoms with Crippen LogP contribution in [0.2, 0.25) is 10.0 Å². The number of rotatable bonds is 1. The van der Waals surface area contributed by atoms with Crippen molar-refractivity contribution >= 4 is 89.5 Å². The van der Waals surface area contributed by atoms with Gasteiger partial charge in [-0.2, -0.15) is 36.4 Å². The van der Waals surface area contributed by atoms with Crippen LogP contribution in [0.25, 0.3) is 20.2 Å². The van der Waals surface area contributed by atoms with Gasteiger partial charge in [0.1, 0.15) is 5.60 Å². The molecular weight excluding hydrogens is 728 g/mol. The van der Waals surface area contributed by atoms with Crippen molar-refractivity contribution in [3.8, 4) is 0 Å². The van der Waals surface area contributed by atoms with E-state index in [0.717, 1.165) is 41.3 Å². The van der Waals surface area contributed by atoms with Crippen LogP contribution in [0, 0.1) is 6.07 Å². The van der Waals surface area contributed by atoms with Crippen molar-refractivity contribution in [3.63, 3.8) is 0 Å². The zero-order chi connectivity index (χ0) is 30.5. The van der Waals surface area contributed by atoms with E-state index >= 15 is 0 Å². The first-order chi connectivity index (χ1) is 21.4. The van der Waals surface area contributed by atoms with E-state index in [2.05, 4.69) is 6.07 Å². The van der Waals surface area contributed by atoms with E-state index in [1.165, 1.54) is 0 Å². The van der Waals surface area contributed by atoms with Gasteiger partial charge in [0.25, 0.3) is 0 Å². The summed E-state index contributed by atoms with van der Waals surface area (Å²) < 4.78 is 2.00. The summed E-state index contributed by atoms with van der Waals surface area (Å²) in [4.78, 5) is 14.3.